The highest BCUT2D eigenvalue weighted by molar-refractivity contribution is 7.99. The zero-order valence-corrected chi connectivity index (χ0v) is 11.9. The minimum Gasteiger partial charge on any atom is -0.293 e. The predicted octanol–water partition coefficient (Wildman–Crippen LogP) is 4.35. The van der Waals surface area contributed by atoms with Crippen molar-refractivity contribution in [3.63, 3.8) is 0 Å². The topological polar surface area (TPSA) is 30.0 Å². The van der Waals surface area contributed by atoms with E-state index in [9.17, 15) is 9.18 Å². The van der Waals surface area contributed by atoms with Gasteiger partial charge in [0.1, 0.15) is 5.82 Å². The van der Waals surface area contributed by atoms with Gasteiger partial charge >= 0.3 is 0 Å². The quantitative estimate of drug-likeness (QED) is 0.530. The lowest BCUT2D eigenvalue weighted by Crippen LogP contribution is -2.02. The molecule has 2 nitrogen and oxygen atoms in total. The van der Waals surface area contributed by atoms with Crippen LogP contribution in [0.15, 0.2) is 65.7 Å². The second-order valence-corrected chi connectivity index (χ2v) is 5.56. The average molecular weight is 297 g/mol. The van der Waals surface area contributed by atoms with E-state index in [1.807, 2.05) is 36.4 Å². The molecule has 1 aromatic heterocycles. The van der Waals surface area contributed by atoms with Crippen LogP contribution in [0.5, 0.6) is 0 Å². The maximum absolute atomic E-state index is 12.8. The van der Waals surface area contributed by atoms with Crippen molar-refractivity contribution in [3.05, 3.63) is 72.0 Å². The van der Waals surface area contributed by atoms with Gasteiger partial charge in [0.05, 0.1) is 16.3 Å². The Morgan fingerprint density at radius 3 is 2.57 bits per heavy atom. The number of aromatic nitrogens is 1. The standard InChI is InChI=1S/C17H12FNOS/c18-14-8-5-13(6-9-14)16(20)11-21-17-10-7-12-3-1-2-4-15(12)19-17/h1-10H,11H2. The van der Waals surface area contributed by atoms with Gasteiger partial charge in [0.25, 0.3) is 0 Å². The summed E-state index contributed by atoms with van der Waals surface area (Å²) in [6.07, 6.45) is 0. The van der Waals surface area contributed by atoms with Crippen LogP contribution in [0.25, 0.3) is 10.9 Å². The fourth-order valence-electron chi connectivity index (χ4n) is 1.99. The first kappa shape index (κ1) is 13.8. The van der Waals surface area contributed by atoms with Gasteiger partial charge in [-0.05, 0) is 36.4 Å². The number of carbonyl (C=O) groups is 1. The summed E-state index contributed by atoms with van der Waals surface area (Å²) in [6, 6.07) is 17.4. The number of hydrogen-bond donors (Lipinski definition) is 0. The van der Waals surface area contributed by atoms with Gasteiger partial charge in [0, 0.05) is 10.9 Å². The number of carbonyl (C=O) groups excluding carboxylic acids is 1. The average Bonchev–Trinajstić information content (AvgIpc) is 2.53. The maximum Gasteiger partial charge on any atom is 0.173 e. The number of pyridine rings is 1. The third-order valence-electron chi connectivity index (χ3n) is 3.09. The summed E-state index contributed by atoms with van der Waals surface area (Å²) in [4.78, 5) is 16.5. The van der Waals surface area contributed by atoms with Crippen molar-refractivity contribution in [2.24, 2.45) is 0 Å². The molecule has 0 fully saturated rings. The SMILES string of the molecule is O=C(CSc1ccc2ccccc2n1)c1ccc(F)cc1. The number of halogens is 1. The molecule has 0 radical (unpaired) electrons. The van der Waals surface area contributed by atoms with Crippen molar-refractivity contribution in [1.29, 1.82) is 0 Å². The number of benzene rings is 2. The van der Waals surface area contributed by atoms with Crippen LogP contribution in [0.1, 0.15) is 10.4 Å². The maximum atomic E-state index is 12.8. The number of hydrogen-bond acceptors (Lipinski definition) is 3. The molecule has 4 heteroatoms. The molecule has 3 aromatic rings. The first-order valence-electron chi connectivity index (χ1n) is 6.50. The first-order chi connectivity index (χ1) is 10.2. The molecular formula is C17H12FNOS. The molecule has 104 valence electrons. The van der Waals surface area contributed by atoms with E-state index in [1.54, 1.807) is 0 Å². The minimum absolute atomic E-state index is 0.0324. The molecule has 0 aliphatic rings. The molecule has 3 rings (SSSR count). The van der Waals surface area contributed by atoms with Crippen molar-refractivity contribution in [2.75, 3.05) is 5.75 Å². The van der Waals surface area contributed by atoms with Gasteiger partial charge in [-0.25, -0.2) is 9.37 Å². The molecule has 0 amide bonds. The third kappa shape index (κ3) is 3.28. The van der Waals surface area contributed by atoms with Crippen molar-refractivity contribution < 1.29 is 9.18 Å². The summed E-state index contributed by atoms with van der Waals surface area (Å²) in [6.45, 7) is 0. The van der Waals surface area contributed by atoms with Crippen LogP contribution in [-0.2, 0) is 0 Å². The van der Waals surface area contributed by atoms with Crippen LogP contribution in [0.4, 0.5) is 4.39 Å². The number of para-hydroxylation sites is 1. The highest BCUT2D eigenvalue weighted by Crippen LogP contribution is 2.21. The lowest BCUT2D eigenvalue weighted by molar-refractivity contribution is 0.102. The van der Waals surface area contributed by atoms with Crippen LogP contribution in [0.2, 0.25) is 0 Å². The van der Waals surface area contributed by atoms with Crippen LogP contribution >= 0.6 is 11.8 Å². The van der Waals surface area contributed by atoms with Gasteiger partial charge in [0.15, 0.2) is 5.78 Å². The summed E-state index contributed by atoms with van der Waals surface area (Å²) in [5, 5.41) is 1.89. The van der Waals surface area contributed by atoms with E-state index in [-0.39, 0.29) is 17.4 Å². The number of ketones is 1. The Morgan fingerprint density at radius 2 is 1.76 bits per heavy atom. The summed E-state index contributed by atoms with van der Waals surface area (Å²) in [7, 11) is 0. The van der Waals surface area contributed by atoms with Crippen LogP contribution in [0, 0.1) is 5.82 Å². The smallest absolute Gasteiger partial charge is 0.173 e. The highest BCUT2D eigenvalue weighted by Gasteiger charge is 2.07. The highest BCUT2D eigenvalue weighted by atomic mass is 32.2. The number of Topliss-reactive ketones (excluding diaryl/α,β-unsaturated/α-hetero) is 1. The van der Waals surface area contributed by atoms with Crippen molar-refractivity contribution in [3.8, 4) is 0 Å². The largest absolute Gasteiger partial charge is 0.293 e. The number of fused-ring (bicyclic) bond motifs is 1. The van der Waals surface area contributed by atoms with Crippen LogP contribution in [-0.4, -0.2) is 16.5 Å². The fraction of sp³-hybridized carbons (Fsp3) is 0.0588. The minimum atomic E-state index is -0.338. The zero-order valence-electron chi connectivity index (χ0n) is 11.1. The normalized spacial score (nSPS) is 10.7. The number of thioether (sulfide) groups is 1. The van der Waals surface area contributed by atoms with E-state index in [2.05, 4.69) is 4.98 Å². The van der Waals surface area contributed by atoms with Crippen LogP contribution < -0.4 is 0 Å². The summed E-state index contributed by atoms with van der Waals surface area (Å²) in [5.41, 5.74) is 1.43. The molecular weight excluding hydrogens is 285 g/mol. The van der Waals surface area contributed by atoms with Crippen molar-refractivity contribution in [2.45, 2.75) is 5.03 Å². The monoisotopic (exact) mass is 297 g/mol. The summed E-state index contributed by atoms with van der Waals surface area (Å²) >= 11 is 1.39. The Balaban J connectivity index is 1.71. The molecule has 21 heavy (non-hydrogen) atoms. The third-order valence-corrected chi connectivity index (χ3v) is 4.02. The molecule has 1 heterocycles. The molecule has 2 aromatic carbocycles. The molecule has 0 aliphatic carbocycles. The van der Waals surface area contributed by atoms with E-state index < -0.39 is 0 Å². The molecule has 0 N–H and O–H groups in total. The van der Waals surface area contributed by atoms with E-state index in [1.165, 1.54) is 36.0 Å². The Labute approximate surface area is 126 Å². The van der Waals surface area contributed by atoms with Crippen LogP contribution in [0.3, 0.4) is 0 Å². The summed E-state index contributed by atoms with van der Waals surface area (Å²) in [5.74, 6) is -0.0814. The summed E-state index contributed by atoms with van der Waals surface area (Å²) < 4.78 is 12.8. The molecule has 0 spiro atoms. The molecule has 0 bridgehead atoms. The lowest BCUT2D eigenvalue weighted by atomic mass is 10.1. The Morgan fingerprint density at radius 1 is 1.00 bits per heavy atom. The Kier molecular flexibility index (Phi) is 3.97. The number of rotatable bonds is 4. The second kappa shape index (κ2) is 6.06. The van der Waals surface area contributed by atoms with Gasteiger partial charge in [-0.2, -0.15) is 0 Å². The van der Waals surface area contributed by atoms with Crippen molar-refractivity contribution >= 4 is 28.4 Å². The van der Waals surface area contributed by atoms with E-state index in [4.69, 9.17) is 0 Å². The molecule has 0 atom stereocenters. The van der Waals surface area contributed by atoms with Gasteiger partial charge in [-0.1, -0.05) is 36.0 Å². The van der Waals surface area contributed by atoms with Gasteiger partial charge in [0.2, 0.25) is 0 Å². The van der Waals surface area contributed by atoms with Gasteiger partial charge in [-0.15, -0.1) is 0 Å². The Bertz CT molecular complexity index is 786. The molecule has 0 saturated carbocycles. The zero-order chi connectivity index (χ0) is 14.7. The first-order valence-corrected chi connectivity index (χ1v) is 7.48. The lowest BCUT2D eigenvalue weighted by Gasteiger charge is -2.03. The molecule has 0 unspecified atom stereocenters. The Hall–Kier alpha value is -2.20. The van der Waals surface area contributed by atoms with E-state index in [0.717, 1.165) is 15.9 Å². The second-order valence-electron chi connectivity index (χ2n) is 4.56. The van der Waals surface area contributed by atoms with Gasteiger partial charge in [-0.3, -0.25) is 4.79 Å². The van der Waals surface area contributed by atoms with E-state index in [0.29, 0.717) is 5.56 Å². The number of nitrogens with zero attached hydrogens (tertiary/aromatic N) is 1. The van der Waals surface area contributed by atoms with Crippen molar-refractivity contribution in [1.82, 2.24) is 4.98 Å². The predicted molar refractivity (Wildman–Crippen MR) is 83.2 cm³/mol. The molecule has 0 aliphatic heterocycles. The van der Waals surface area contributed by atoms with Gasteiger partial charge < -0.3 is 0 Å². The molecule has 0 saturated heterocycles. The van der Waals surface area contributed by atoms with E-state index >= 15 is 0 Å². The fourth-order valence-corrected chi connectivity index (χ4v) is 2.76.